The Kier molecular flexibility index (Phi) is 4.76. The van der Waals surface area contributed by atoms with Gasteiger partial charge in [-0.05, 0) is 24.3 Å². The summed E-state index contributed by atoms with van der Waals surface area (Å²) in [4.78, 5) is 22.9. The van der Waals surface area contributed by atoms with Gasteiger partial charge in [-0.25, -0.2) is 0 Å². The molecule has 1 N–H and O–H groups in total. The third-order valence-electron chi connectivity index (χ3n) is 3.51. The Hall–Kier alpha value is -3.92. The van der Waals surface area contributed by atoms with Crippen molar-refractivity contribution in [2.75, 3.05) is 5.32 Å². The SMILES string of the molecule is Cn1cc([N+](=O)[O-])c(C(=O)Nc2ccccc2C#Cc2ccccc2)n1. The Morgan fingerprint density at radius 3 is 2.54 bits per heavy atom. The predicted molar refractivity (Wildman–Crippen MR) is 96.7 cm³/mol. The van der Waals surface area contributed by atoms with Crippen molar-refractivity contribution >= 4 is 17.3 Å². The van der Waals surface area contributed by atoms with Gasteiger partial charge in [0, 0.05) is 18.2 Å². The van der Waals surface area contributed by atoms with Gasteiger partial charge in [0.2, 0.25) is 5.69 Å². The highest BCUT2D eigenvalue weighted by Crippen LogP contribution is 2.20. The molecule has 3 rings (SSSR count). The predicted octanol–water partition coefficient (Wildman–Crippen LogP) is 2.98. The highest BCUT2D eigenvalue weighted by molar-refractivity contribution is 6.06. The second kappa shape index (κ2) is 7.32. The topological polar surface area (TPSA) is 90.1 Å². The molecule has 0 atom stereocenters. The molecule has 2 aromatic carbocycles. The van der Waals surface area contributed by atoms with Gasteiger partial charge in [-0.1, -0.05) is 42.2 Å². The Morgan fingerprint density at radius 2 is 1.81 bits per heavy atom. The normalized spacial score (nSPS) is 9.88. The van der Waals surface area contributed by atoms with Crippen LogP contribution < -0.4 is 5.32 Å². The van der Waals surface area contributed by atoms with Crippen LogP contribution in [-0.2, 0) is 7.05 Å². The number of hydrogen-bond acceptors (Lipinski definition) is 4. The summed E-state index contributed by atoms with van der Waals surface area (Å²) >= 11 is 0. The zero-order valence-corrected chi connectivity index (χ0v) is 13.8. The van der Waals surface area contributed by atoms with Crippen molar-refractivity contribution in [3.8, 4) is 11.8 Å². The molecule has 0 aliphatic heterocycles. The van der Waals surface area contributed by atoms with E-state index < -0.39 is 10.8 Å². The Balaban J connectivity index is 1.89. The van der Waals surface area contributed by atoms with Crippen molar-refractivity contribution in [3.05, 3.63) is 87.7 Å². The van der Waals surface area contributed by atoms with Gasteiger partial charge in [0.1, 0.15) is 6.20 Å². The van der Waals surface area contributed by atoms with E-state index >= 15 is 0 Å². The number of nitro groups is 1. The molecule has 3 aromatic rings. The van der Waals surface area contributed by atoms with Crippen LogP contribution in [-0.4, -0.2) is 20.6 Å². The van der Waals surface area contributed by atoms with Crippen LogP contribution in [0.2, 0.25) is 0 Å². The smallest absolute Gasteiger partial charge is 0.319 e. The van der Waals surface area contributed by atoms with Crippen LogP contribution in [0, 0.1) is 22.0 Å². The van der Waals surface area contributed by atoms with Gasteiger partial charge in [-0.2, -0.15) is 5.10 Å². The summed E-state index contributed by atoms with van der Waals surface area (Å²) in [5.41, 5.74) is 1.30. The fourth-order valence-electron chi connectivity index (χ4n) is 2.31. The second-order valence-electron chi connectivity index (χ2n) is 5.41. The van der Waals surface area contributed by atoms with Gasteiger partial charge in [0.05, 0.1) is 10.6 Å². The summed E-state index contributed by atoms with van der Waals surface area (Å²) in [6.45, 7) is 0. The van der Waals surface area contributed by atoms with E-state index in [4.69, 9.17) is 0 Å². The van der Waals surface area contributed by atoms with Crippen LogP contribution in [0.3, 0.4) is 0 Å². The molecule has 128 valence electrons. The van der Waals surface area contributed by atoms with E-state index in [1.165, 1.54) is 17.9 Å². The third-order valence-corrected chi connectivity index (χ3v) is 3.51. The number of nitrogens with one attached hydrogen (secondary N) is 1. The molecule has 1 aromatic heterocycles. The van der Waals surface area contributed by atoms with Crippen LogP contribution in [0.25, 0.3) is 0 Å². The number of aryl methyl sites for hydroxylation is 1. The molecular weight excluding hydrogens is 332 g/mol. The number of anilines is 1. The molecule has 0 aliphatic carbocycles. The molecule has 0 radical (unpaired) electrons. The first-order chi connectivity index (χ1) is 12.5. The fourth-order valence-corrected chi connectivity index (χ4v) is 2.31. The first-order valence-electron chi connectivity index (χ1n) is 7.70. The zero-order chi connectivity index (χ0) is 18.5. The second-order valence-corrected chi connectivity index (χ2v) is 5.41. The van der Waals surface area contributed by atoms with Gasteiger partial charge in [0.25, 0.3) is 5.91 Å². The highest BCUT2D eigenvalue weighted by atomic mass is 16.6. The number of para-hydroxylation sites is 1. The summed E-state index contributed by atoms with van der Waals surface area (Å²) in [5.74, 6) is 5.36. The number of nitrogens with zero attached hydrogens (tertiary/aromatic N) is 3. The van der Waals surface area contributed by atoms with Gasteiger partial charge in [-0.3, -0.25) is 19.6 Å². The van der Waals surface area contributed by atoms with Crippen molar-refractivity contribution < 1.29 is 9.72 Å². The lowest BCUT2D eigenvalue weighted by atomic mass is 10.1. The van der Waals surface area contributed by atoms with Gasteiger partial charge in [-0.15, -0.1) is 0 Å². The molecule has 0 bridgehead atoms. The third kappa shape index (κ3) is 3.76. The Bertz CT molecular complexity index is 1030. The van der Waals surface area contributed by atoms with Crippen LogP contribution in [0.4, 0.5) is 11.4 Å². The Labute approximate surface area is 149 Å². The van der Waals surface area contributed by atoms with Crippen LogP contribution in [0.1, 0.15) is 21.6 Å². The maximum Gasteiger partial charge on any atom is 0.320 e. The van der Waals surface area contributed by atoms with E-state index in [2.05, 4.69) is 22.3 Å². The molecule has 0 saturated heterocycles. The van der Waals surface area contributed by atoms with Crippen molar-refractivity contribution in [2.24, 2.45) is 7.05 Å². The number of hydrogen-bond donors (Lipinski definition) is 1. The van der Waals surface area contributed by atoms with E-state index in [9.17, 15) is 14.9 Å². The van der Waals surface area contributed by atoms with E-state index in [1.54, 1.807) is 24.3 Å². The molecule has 0 saturated carbocycles. The molecule has 0 aliphatic rings. The minimum absolute atomic E-state index is 0.247. The lowest BCUT2D eigenvalue weighted by Crippen LogP contribution is -2.15. The summed E-state index contributed by atoms with van der Waals surface area (Å²) in [6, 6.07) is 16.4. The summed E-state index contributed by atoms with van der Waals surface area (Å²) in [5, 5.41) is 17.6. The van der Waals surface area contributed by atoms with Crippen molar-refractivity contribution in [1.29, 1.82) is 0 Å². The van der Waals surface area contributed by atoms with Crippen molar-refractivity contribution in [1.82, 2.24) is 9.78 Å². The number of benzene rings is 2. The number of aromatic nitrogens is 2. The molecular formula is C19H14N4O3. The quantitative estimate of drug-likeness (QED) is 0.448. The maximum atomic E-state index is 12.4. The first kappa shape index (κ1) is 16.9. The van der Waals surface area contributed by atoms with Crippen molar-refractivity contribution in [3.63, 3.8) is 0 Å². The number of rotatable bonds is 3. The lowest BCUT2D eigenvalue weighted by Gasteiger charge is -2.05. The molecule has 0 unspecified atom stereocenters. The highest BCUT2D eigenvalue weighted by Gasteiger charge is 2.25. The van der Waals surface area contributed by atoms with Gasteiger partial charge < -0.3 is 5.32 Å². The lowest BCUT2D eigenvalue weighted by molar-refractivity contribution is -0.385. The molecule has 0 spiro atoms. The number of carbonyl (C=O) groups is 1. The van der Waals surface area contributed by atoms with Gasteiger partial charge in [0.15, 0.2) is 0 Å². The summed E-state index contributed by atoms with van der Waals surface area (Å²) in [6.07, 6.45) is 1.19. The van der Waals surface area contributed by atoms with Crippen molar-refractivity contribution in [2.45, 2.75) is 0 Å². The number of amides is 1. The monoisotopic (exact) mass is 346 g/mol. The Morgan fingerprint density at radius 1 is 1.12 bits per heavy atom. The van der Waals surface area contributed by atoms with E-state index in [0.717, 1.165) is 5.56 Å². The molecule has 0 fully saturated rings. The van der Waals surface area contributed by atoms with E-state index in [0.29, 0.717) is 11.3 Å². The summed E-state index contributed by atoms with van der Waals surface area (Å²) in [7, 11) is 1.52. The summed E-state index contributed by atoms with van der Waals surface area (Å²) < 4.78 is 1.23. The minimum Gasteiger partial charge on any atom is -0.319 e. The largest absolute Gasteiger partial charge is 0.320 e. The first-order valence-corrected chi connectivity index (χ1v) is 7.70. The average Bonchev–Trinajstić information content (AvgIpc) is 3.04. The van der Waals surface area contributed by atoms with Gasteiger partial charge >= 0.3 is 5.69 Å². The number of carbonyl (C=O) groups excluding carboxylic acids is 1. The molecule has 7 nitrogen and oxygen atoms in total. The fraction of sp³-hybridized carbons (Fsp3) is 0.0526. The molecule has 1 amide bonds. The molecule has 7 heteroatoms. The standard InChI is InChI=1S/C19H14N4O3/c1-22-13-17(23(25)26)18(21-22)19(24)20-16-10-6-5-9-15(16)12-11-14-7-3-2-4-8-14/h2-10,13H,1H3,(H,20,24). The molecule has 1 heterocycles. The molecule has 26 heavy (non-hydrogen) atoms. The van der Waals surface area contributed by atoms with Crippen LogP contribution in [0.5, 0.6) is 0 Å². The average molecular weight is 346 g/mol. The van der Waals surface area contributed by atoms with E-state index in [1.807, 2.05) is 30.3 Å². The van der Waals surface area contributed by atoms with Crippen LogP contribution >= 0.6 is 0 Å². The van der Waals surface area contributed by atoms with E-state index in [-0.39, 0.29) is 11.4 Å². The minimum atomic E-state index is -0.661. The van der Waals surface area contributed by atoms with Crippen LogP contribution in [0.15, 0.2) is 60.8 Å². The zero-order valence-electron chi connectivity index (χ0n) is 13.8. The maximum absolute atomic E-state index is 12.4.